The Morgan fingerprint density at radius 1 is 0.935 bits per heavy atom. The Bertz CT molecular complexity index is 876. The molecule has 4 rings (SSSR count). The predicted octanol–water partition coefficient (Wildman–Crippen LogP) is 4.58. The van der Waals surface area contributed by atoms with Crippen LogP contribution in [0.25, 0.3) is 11.1 Å². The molecule has 1 atom stereocenters. The Morgan fingerprint density at radius 2 is 1.55 bits per heavy atom. The fourth-order valence-electron chi connectivity index (χ4n) is 4.66. The molecule has 2 aromatic carbocycles. The minimum atomic E-state index is -1.13. The second-order valence-corrected chi connectivity index (χ2v) is 8.40. The van der Waals surface area contributed by atoms with Gasteiger partial charge in [0.05, 0.1) is 6.61 Å². The summed E-state index contributed by atoms with van der Waals surface area (Å²) in [6.45, 7) is 0.626. The minimum absolute atomic E-state index is 0.0595. The van der Waals surface area contributed by atoms with E-state index in [1.807, 2.05) is 36.4 Å². The maximum Gasteiger partial charge on any atom is 0.407 e. The fourth-order valence-corrected chi connectivity index (χ4v) is 4.66. The summed E-state index contributed by atoms with van der Waals surface area (Å²) in [6.07, 6.45) is 5.17. The van der Waals surface area contributed by atoms with Crippen molar-refractivity contribution < 1.29 is 24.2 Å². The van der Waals surface area contributed by atoms with Crippen molar-refractivity contribution in [2.45, 2.75) is 44.1 Å². The number of carboxylic acid groups (broad SMARTS) is 1. The van der Waals surface area contributed by atoms with E-state index in [9.17, 15) is 14.7 Å². The highest BCUT2D eigenvalue weighted by Crippen LogP contribution is 2.44. The molecule has 0 aromatic heterocycles. The molecule has 2 aliphatic carbocycles. The molecule has 1 saturated carbocycles. The second-order valence-electron chi connectivity index (χ2n) is 8.40. The lowest BCUT2D eigenvalue weighted by atomic mass is 9.90. The number of amides is 1. The van der Waals surface area contributed by atoms with Crippen LogP contribution in [0.3, 0.4) is 0 Å². The van der Waals surface area contributed by atoms with Gasteiger partial charge in [-0.1, -0.05) is 67.8 Å². The number of benzene rings is 2. The van der Waals surface area contributed by atoms with Gasteiger partial charge in [0, 0.05) is 12.5 Å². The average Bonchev–Trinajstić information content (AvgIpc) is 3.11. The van der Waals surface area contributed by atoms with Gasteiger partial charge in [0.15, 0.2) is 6.04 Å². The molecule has 31 heavy (non-hydrogen) atoms. The molecule has 6 nitrogen and oxygen atoms in total. The summed E-state index contributed by atoms with van der Waals surface area (Å²) in [6, 6.07) is 15.0. The van der Waals surface area contributed by atoms with Crippen LogP contribution in [0, 0.1) is 5.92 Å². The first kappa shape index (κ1) is 21.4. The van der Waals surface area contributed by atoms with Crippen molar-refractivity contribution in [2.24, 2.45) is 5.92 Å². The molecule has 164 valence electrons. The van der Waals surface area contributed by atoms with E-state index in [-0.39, 0.29) is 19.1 Å². The van der Waals surface area contributed by atoms with Crippen LogP contribution in [0.4, 0.5) is 4.79 Å². The van der Waals surface area contributed by atoms with Crippen molar-refractivity contribution in [3.8, 4) is 11.1 Å². The zero-order valence-electron chi connectivity index (χ0n) is 17.6. The van der Waals surface area contributed by atoms with Crippen LogP contribution < -0.4 is 5.32 Å². The van der Waals surface area contributed by atoms with Gasteiger partial charge < -0.3 is 19.9 Å². The molecule has 0 bridgehead atoms. The van der Waals surface area contributed by atoms with Gasteiger partial charge in [-0.3, -0.25) is 0 Å². The molecule has 2 N–H and O–H groups in total. The van der Waals surface area contributed by atoms with Crippen LogP contribution in [0.15, 0.2) is 48.5 Å². The first-order valence-corrected chi connectivity index (χ1v) is 11.1. The third-order valence-electron chi connectivity index (χ3n) is 6.30. The summed E-state index contributed by atoms with van der Waals surface area (Å²) in [5.74, 6) is -0.709. The average molecular weight is 424 g/mol. The summed E-state index contributed by atoms with van der Waals surface area (Å²) >= 11 is 0. The third kappa shape index (κ3) is 5.07. The van der Waals surface area contributed by atoms with E-state index in [4.69, 9.17) is 9.47 Å². The van der Waals surface area contributed by atoms with Gasteiger partial charge in [-0.2, -0.15) is 0 Å². The van der Waals surface area contributed by atoms with Crippen LogP contribution in [-0.2, 0) is 14.3 Å². The van der Waals surface area contributed by atoms with Gasteiger partial charge >= 0.3 is 12.1 Å². The molecule has 0 heterocycles. The van der Waals surface area contributed by atoms with Gasteiger partial charge in [-0.15, -0.1) is 0 Å². The molecule has 1 fully saturated rings. The Labute approximate surface area is 182 Å². The van der Waals surface area contributed by atoms with Crippen LogP contribution in [-0.4, -0.2) is 43.0 Å². The number of carbonyl (C=O) groups excluding carboxylic acids is 1. The van der Waals surface area contributed by atoms with Gasteiger partial charge in [-0.05, 0) is 41.0 Å². The first-order chi connectivity index (χ1) is 15.1. The monoisotopic (exact) mass is 423 g/mol. The fraction of sp³-hybridized carbons (Fsp3) is 0.440. The van der Waals surface area contributed by atoms with Crippen LogP contribution >= 0.6 is 0 Å². The van der Waals surface area contributed by atoms with Gasteiger partial charge in [-0.25, -0.2) is 9.59 Å². The van der Waals surface area contributed by atoms with Gasteiger partial charge in [0.25, 0.3) is 0 Å². The second kappa shape index (κ2) is 9.96. The maximum atomic E-state index is 12.4. The van der Waals surface area contributed by atoms with Crippen molar-refractivity contribution in [1.29, 1.82) is 0 Å². The SMILES string of the molecule is O=C(N[C@H](COCC1CCCCC1)C(=O)O)OCC1c2ccccc2-c2ccccc21. The zero-order valence-corrected chi connectivity index (χ0v) is 17.6. The molecule has 0 unspecified atom stereocenters. The summed E-state index contributed by atoms with van der Waals surface area (Å²) in [5, 5.41) is 11.9. The molecule has 0 saturated heterocycles. The summed E-state index contributed by atoms with van der Waals surface area (Å²) in [4.78, 5) is 23.9. The Morgan fingerprint density at radius 3 is 2.16 bits per heavy atom. The highest BCUT2D eigenvalue weighted by molar-refractivity contribution is 5.81. The Balaban J connectivity index is 1.31. The highest BCUT2D eigenvalue weighted by atomic mass is 16.5. The predicted molar refractivity (Wildman–Crippen MR) is 117 cm³/mol. The molecular formula is C25H29NO5. The van der Waals surface area contributed by atoms with Crippen molar-refractivity contribution >= 4 is 12.1 Å². The summed E-state index contributed by atoms with van der Waals surface area (Å²) < 4.78 is 11.1. The highest BCUT2D eigenvalue weighted by Gasteiger charge is 2.30. The lowest BCUT2D eigenvalue weighted by Crippen LogP contribution is -2.44. The Kier molecular flexibility index (Phi) is 6.87. The molecule has 0 radical (unpaired) electrons. The van der Waals surface area contributed by atoms with E-state index >= 15 is 0 Å². The largest absolute Gasteiger partial charge is 0.480 e. The number of aliphatic carboxylic acids is 1. The van der Waals surface area contributed by atoms with Crippen LogP contribution in [0.5, 0.6) is 0 Å². The van der Waals surface area contributed by atoms with E-state index in [2.05, 4.69) is 17.4 Å². The summed E-state index contributed by atoms with van der Waals surface area (Å²) in [5.41, 5.74) is 4.52. The molecule has 2 aliphatic rings. The van der Waals surface area contributed by atoms with E-state index in [0.717, 1.165) is 35.1 Å². The van der Waals surface area contributed by atoms with E-state index in [0.29, 0.717) is 12.5 Å². The third-order valence-corrected chi connectivity index (χ3v) is 6.30. The van der Waals surface area contributed by atoms with Gasteiger partial charge in [0.1, 0.15) is 6.61 Å². The number of rotatable bonds is 8. The normalized spacial score (nSPS) is 16.9. The topological polar surface area (TPSA) is 84.9 Å². The lowest BCUT2D eigenvalue weighted by Gasteiger charge is -2.22. The first-order valence-electron chi connectivity index (χ1n) is 11.1. The molecule has 6 heteroatoms. The number of fused-ring (bicyclic) bond motifs is 3. The maximum absolute atomic E-state index is 12.4. The number of nitrogens with one attached hydrogen (secondary N) is 1. The molecule has 2 aromatic rings. The van der Waals surface area contributed by atoms with Crippen LogP contribution in [0.1, 0.15) is 49.1 Å². The molecule has 0 aliphatic heterocycles. The molecule has 0 spiro atoms. The zero-order chi connectivity index (χ0) is 21.6. The number of carboxylic acids is 1. The lowest BCUT2D eigenvalue weighted by molar-refractivity contribution is -0.141. The number of ether oxygens (including phenoxy) is 2. The van der Waals surface area contributed by atoms with E-state index in [1.54, 1.807) is 0 Å². The number of hydrogen-bond donors (Lipinski definition) is 2. The van der Waals surface area contributed by atoms with Crippen molar-refractivity contribution in [2.75, 3.05) is 19.8 Å². The van der Waals surface area contributed by atoms with Crippen molar-refractivity contribution in [3.05, 3.63) is 59.7 Å². The number of alkyl carbamates (subject to hydrolysis) is 1. The van der Waals surface area contributed by atoms with Crippen LogP contribution in [0.2, 0.25) is 0 Å². The van der Waals surface area contributed by atoms with Crippen molar-refractivity contribution in [3.63, 3.8) is 0 Å². The van der Waals surface area contributed by atoms with Gasteiger partial charge in [0.2, 0.25) is 0 Å². The minimum Gasteiger partial charge on any atom is -0.480 e. The Hall–Kier alpha value is -2.86. The quantitative estimate of drug-likeness (QED) is 0.649. The summed E-state index contributed by atoms with van der Waals surface area (Å²) in [7, 11) is 0. The van der Waals surface area contributed by atoms with E-state index in [1.165, 1.54) is 19.3 Å². The smallest absolute Gasteiger partial charge is 0.407 e. The standard InChI is InChI=1S/C25H29NO5/c27-24(28)23(16-30-14-17-8-2-1-3-9-17)26-25(29)31-15-22-20-12-6-4-10-18(20)19-11-5-7-13-21(19)22/h4-7,10-13,17,22-23H,1-3,8-9,14-16H2,(H,26,29)(H,27,28)/t23-/m1/s1. The number of carbonyl (C=O) groups is 2. The van der Waals surface area contributed by atoms with Crippen molar-refractivity contribution in [1.82, 2.24) is 5.32 Å². The van der Waals surface area contributed by atoms with E-state index < -0.39 is 18.1 Å². The number of hydrogen-bond acceptors (Lipinski definition) is 4. The molecular weight excluding hydrogens is 394 g/mol. The molecule has 1 amide bonds.